The summed E-state index contributed by atoms with van der Waals surface area (Å²) in [5.41, 5.74) is 1.11. The molecule has 1 aromatic rings. The van der Waals surface area contributed by atoms with E-state index in [1.54, 1.807) is 7.11 Å². The Kier molecular flexibility index (Phi) is 10.8. The summed E-state index contributed by atoms with van der Waals surface area (Å²) in [6.45, 7) is 10.5. The van der Waals surface area contributed by atoms with Crippen LogP contribution in [0.3, 0.4) is 0 Å². The molecule has 2 N–H and O–H groups in total. The molecule has 1 saturated heterocycles. The second kappa shape index (κ2) is 12.3. The molecule has 2 rings (SSSR count). The fourth-order valence-corrected chi connectivity index (χ4v) is 2.75. The van der Waals surface area contributed by atoms with Crippen molar-refractivity contribution in [3.63, 3.8) is 0 Å². The molecular weight excluding hydrogens is 443 g/mol. The highest BCUT2D eigenvalue weighted by molar-refractivity contribution is 14.0. The number of ether oxygens (including phenoxy) is 1. The summed E-state index contributed by atoms with van der Waals surface area (Å²) in [5, 5.41) is 6.60. The van der Waals surface area contributed by atoms with E-state index in [-0.39, 0.29) is 30.0 Å². The minimum Gasteiger partial charge on any atom is -0.383 e. The zero-order valence-corrected chi connectivity index (χ0v) is 18.7. The number of nitrogens with zero attached hydrogens (tertiary/aromatic N) is 4. The van der Waals surface area contributed by atoms with Gasteiger partial charge in [0.25, 0.3) is 0 Å². The number of likely N-dealkylation sites (N-methyl/N-ethyl adjacent to an activating group) is 1. The number of aliphatic imine (C=N–C) groups is 1. The molecular formula is C18H33IN6O. The summed E-state index contributed by atoms with van der Waals surface area (Å²) in [6.07, 6.45) is 1.93. The molecule has 1 aromatic heterocycles. The first kappa shape index (κ1) is 22.9. The van der Waals surface area contributed by atoms with E-state index in [4.69, 9.17) is 4.74 Å². The molecule has 0 bridgehead atoms. The van der Waals surface area contributed by atoms with Crippen molar-refractivity contribution in [2.24, 2.45) is 4.99 Å². The first-order valence-electron chi connectivity index (χ1n) is 9.04. The van der Waals surface area contributed by atoms with E-state index in [1.807, 2.05) is 6.20 Å². The predicted molar refractivity (Wildman–Crippen MR) is 119 cm³/mol. The molecule has 0 amide bonds. The van der Waals surface area contributed by atoms with E-state index in [0.717, 1.165) is 50.1 Å². The molecule has 2 heterocycles. The first-order valence-corrected chi connectivity index (χ1v) is 9.04. The molecule has 1 atom stereocenters. The van der Waals surface area contributed by atoms with Gasteiger partial charge in [0.15, 0.2) is 5.96 Å². The highest BCUT2D eigenvalue weighted by atomic mass is 127. The van der Waals surface area contributed by atoms with Crippen molar-refractivity contribution in [1.29, 1.82) is 0 Å². The molecule has 148 valence electrons. The largest absolute Gasteiger partial charge is 0.383 e. The van der Waals surface area contributed by atoms with Crippen LogP contribution < -0.4 is 15.5 Å². The summed E-state index contributed by atoms with van der Waals surface area (Å²) >= 11 is 0. The van der Waals surface area contributed by atoms with Crippen LogP contribution in [0.25, 0.3) is 0 Å². The van der Waals surface area contributed by atoms with Crippen LogP contribution in [-0.2, 0) is 11.3 Å². The maximum Gasteiger partial charge on any atom is 0.191 e. The fourth-order valence-electron chi connectivity index (χ4n) is 2.75. The second-order valence-corrected chi connectivity index (χ2v) is 6.51. The Labute approximate surface area is 174 Å². The number of hydrogen-bond donors (Lipinski definition) is 2. The maximum atomic E-state index is 5.16. The molecule has 8 heteroatoms. The number of pyridine rings is 1. The van der Waals surface area contributed by atoms with Crippen LogP contribution in [0.15, 0.2) is 23.3 Å². The van der Waals surface area contributed by atoms with Crippen LogP contribution in [0.2, 0.25) is 0 Å². The fraction of sp³-hybridized carbons (Fsp3) is 0.667. The first-order chi connectivity index (χ1) is 12.1. The molecule has 1 aliphatic rings. The van der Waals surface area contributed by atoms with Gasteiger partial charge in [0.1, 0.15) is 5.82 Å². The number of anilines is 1. The molecule has 1 fully saturated rings. The minimum absolute atomic E-state index is 0. The van der Waals surface area contributed by atoms with Gasteiger partial charge < -0.3 is 25.2 Å². The Balaban J connectivity index is 0.00000338. The van der Waals surface area contributed by atoms with E-state index < -0.39 is 0 Å². The summed E-state index contributed by atoms with van der Waals surface area (Å²) in [5.74, 6) is 1.86. The lowest BCUT2D eigenvalue weighted by Crippen LogP contribution is -2.44. The summed E-state index contributed by atoms with van der Waals surface area (Å²) < 4.78 is 5.16. The third kappa shape index (κ3) is 7.63. The number of rotatable bonds is 7. The lowest BCUT2D eigenvalue weighted by Gasteiger charge is -2.33. The minimum atomic E-state index is 0. The van der Waals surface area contributed by atoms with Crippen LogP contribution in [0.1, 0.15) is 19.4 Å². The number of halogens is 1. The van der Waals surface area contributed by atoms with Gasteiger partial charge in [-0.25, -0.2) is 9.98 Å². The highest BCUT2D eigenvalue weighted by Crippen LogP contribution is 2.14. The maximum absolute atomic E-state index is 5.16. The SMILES string of the molecule is CCNC(=NCc1ccc(N2CCN(C)CC2)nc1)NC(C)COC.I. The van der Waals surface area contributed by atoms with E-state index >= 15 is 0 Å². The van der Waals surface area contributed by atoms with Gasteiger partial charge in [0, 0.05) is 52.1 Å². The normalized spacial score (nSPS) is 16.8. The molecule has 0 saturated carbocycles. The third-order valence-corrected chi connectivity index (χ3v) is 4.20. The Hall–Kier alpha value is -1.13. The Morgan fingerprint density at radius 1 is 1.31 bits per heavy atom. The van der Waals surface area contributed by atoms with E-state index in [9.17, 15) is 0 Å². The lowest BCUT2D eigenvalue weighted by atomic mass is 10.2. The number of hydrogen-bond acceptors (Lipinski definition) is 5. The van der Waals surface area contributed by atoms with Gasteiger partial charge in [0.2, 0.25) is 0 Å². The van der Waals surface area contributed by atoms with Crippen molar-refractivity contribution in [1.82, 2.24) is 20.5 Å². The Morgan fingerprint density at radius 2 is 2.04 bits per heavy atom. The van der Waals surface area contributed by atoms with Crippen molar-refractivity contribution in [3.05, 3.63) is 23.9 Å². The van der Waals surface area contributed by atoms with Gasteiger partial charge in [-0.05, 0) is 32.5 Å². The number of nitrogens with one attached hydrogen (secondary N) is 2. The average Bonchev–Trinajstić information content (AvgIpc) is 2.61. The Bertz CT molecular complexity index is 531. The topological polar surface area (TPSA) is 65.0 Å². The predicted octanol–water partition coefficient (Wildman–Crippen LogP) is 1.54. The van der Waals surface area contributed by atoms with Gasteiger partial charge in [-0.1, -0.05) is 6.07 Å². The molecule has 0 aliphatic carbocycles. The lowest BCUT2D eigenvalue weighted by molar-refractivity contribution is 0.179. The van der Waals surface area contributed by atoms with Gasteiger partial charge in [-0.3, -0.25) is 0 Å². The standard InChI is InChI=1S/C18H32N6O.HI/c1-5-19-18(22-15(2)14-25-4)21-13-16-6-7-17(20-12-16)24-10-8-23(3)9-11-24;/h6-7,12,15H,5,8-11,13-14H2,1-4H3,(H2,19,21,22);1H. The van der Waals surface area contributed by atoms with Gasteiger partial charge in [-0.2, -0.15) is 0 Å². The van der Waals surface area contributed by atoms with Crippen molar-refractivity contribution < 1.29 is 4.74 Å². The molecule has 1 unspecified atom stereocenters. The van der Waals surface area contributed by atoms with Crippen molar-refractivity contribution in [2.45, 2.75) is 26.4 Å². The molecule has 0 spiro atoms. The van der Waals surface area contributed by atoms with Gasteiger partial charge in [0.05, 0.1) is 13.2 Å². The average molecular weight is 476 g/mol. The van der Waals surface area contributed by atoms with Gasteiger partial charge >= 0.3 is 0 Å². The van der Waals surface area contributed by atoms with Crippen molar-refractivity contribution in [3.8, 4) is 0 Å². The number of piperazine rings is 1. The van der Waals surface area contributed by atoms with E-state index in [1.165, 1.54) is 0 Å². The van der Waals surface area contributed by atoms with Crippen molar-refractivity contribution >= 4 is 35.8 Å². The molecule has 1 aliphatic heterocycles. The molecule has 0 aromatic carbocycles. The second-order valence-electron chi connectivity index (χ2n) is 6.51. The van der Waals surface area contributed by atoms with Crippen LogP contribution >= 0.6 is 24.0 Å². The van der Waals surface area contributed by atoms with Crippen LogP contribution in [-0.4, -0.2) is 75.4 Å². The zero-order valence-electron chi connectivity index (χ0n) is 16.4. The zero-order chi connectivity index (χ0) is 18.1. The monoisotopic (exact) mass is 476 g/mol. The van der Waals surface area contributed by atoms with Crippen molar-refractivity contribution in [2.75, 3.05) is 58.4 Å². The van der Waals surface area contributed by atoms with Gasteiger partial charge in [-0.15, -0.1) is 24.0 Å². The van der Waals surface area contributed by atoms with E-state index in [2.05, 4.69) is 63.4 Å². The summed E-state index contributed by atoms with van der Waals surface area (Å²) in [4.78, 5) is 13.9. The molecule has 26 heavy (non-hydrogen) atoms. The quantitative estimate of drug-likeness (QED) is 0.354. The molecule has 0 radical (unpaired) electrons. The Morgan fingerprint density at radius 3 is 2.62 bits per heavy atom. The summed E-state index contributed by atoms with van der Waals surface area (Å²) in [6, 6.07) is 4.43. The smallest absolute Gasteiger partial charge is 0.191 e. The third-order valence-electron chi connectivity index (χ3n) is 4.20. The number of methoxy groups -OCH3 is 1. The molecule has 7 nitrogen and oxygen atoms in total. The van der Waals surface area contributed by atoms with Crippen LogP contribution in [0.5, 0.6) is 0 Å². The summed E-state index contributed by atoms with van der Waals surface area (Å²) in [7, 11) is 3.87. The van der Waals surface area contributed by atoms with Crippen LogP contribution in [0, 0.1) is 0 Å². The van der Waals surface area contributed by atoms with Crippen LogP contribution in [0.4, 0.5) is 5.82 Å². The highest BCUT2D eigenvalue weighted by Gasteiger charge is 2.14. The number of guanidine groups is 1. The number of aromatic nitrogens is 1. The van der Waals surface area contributed by atoms with E-state index in [0.29, 0.717) is 13.2 Å².